The van der Waals surface area contributed by atoms with Crippen molar-refractivity contribution >= 4 is 5.78 Å². The molecule has 0 aromatic carbocycles. The highest BCUT2D eigenvalue weighted by Crippen LogP contribution is 2.58. The Hall–Kier alpha value is -1.18. The quantitative estimate of drug-likeness (QED) is 0.688. The monoisotopic (exact) mass is 201 g/mol. The molecule has 0 amide bonds. The zero-order chi connectivity index (χ0) is 10.4. The highest BCUT2D eigenvalue weighted by atomic mass is 16.1. The summed E-state index contributed by atoms with van der Waals surface area (Å²) in [6.45, 7) is 1.99. The zero-order valence-electron chi connectivity index (χ0n) is 8.94. The Kier molecular flexibility index (Phi) is 1.91. The highest BCUT2D eigenvalue weighted by Gasteiger charge is 2.56. The van der Waals surface area contributed by atoms with Crippen molar-refractivity contribution < 1.29 is 4.79 Å². The molecule has 1 heterocycles. The van der Waals surface area contributed by atoms with E-state index in [4.69, 9.17) is 0 Å². The van der Waals surface area contributed by atoms with Crippen molar-refractivity contribution in [2.45, 2.75) is 26.2 Å². The van der Waals surface area contributed by atoms with Crippen LogP contribution in [-0.2, 0) is 0 Å². The lowest BCUT2D eigenvalue weighted by Crippen LogP contribution is -2.08. The van der Waals surface area contributed by atoms with Crippen LogP contribution < -0.4 is 0 Å². The van der Waals surface area contributed by atoms with Crippen LogP contribution >= 0.6 is 0 Å². The summed E-state index contributed by atoms with van der Waals surface area (Å²) in [6.07, 6.45) is 7.33. The fourth-order valence-corrected chi connectivity index (χ4v) is 3.11. The Bertz CT molecular complexity index is 403. The van der Waals surface area contributed by atoms with Crippen LogP contribution in [0.2, 0.25) is 0 Å². The van der Waals surface area contributed by atoms with Crippen LogP contribution in [0.5, 0.6) is 0 Å². The van der Waals surface area contributed by atoms with E-state index in [0.29, 0.717) is 23.5 Å². The number of Topliss-reactive ketones (excluding diaryl/α,β-unsaturated/α-hetero) is 1. The van der Waals surface area contributed by atoms with Gasteiger partial charge in [0.1, 0.15) is 0 Å². The van der Waals surface area contributed by atoms with Crippen molar-refractivity contribution in [2.75, 3.05) is 0 Å². The Morgan fingerprint density at radius 1 is 1.40 bits per heavy atom. The molecule has 2 aliphatic carbocycles. The minimum Gasteiger partial charge on any atom is -0.294 e. The summed E-state index contributed by atoms with van der Waals surface area (Å²) < 4.78 is 0. The number of aryl methyl sites for hydroxylation is 1. The molecule has 2 aliphatic rings. The van der Waals surface area contributed by atoms with Gasteiger partial charge in [0, 0.05) is 23.9 Å². The van der Waals surface area contributed by atoms with E-state index in [9.17, 15) is 4.79 Å². The van der Waals surface area contributed by atoms with Crippen molar-refractivity contribution in [3.63, 3.8) is 0 Å². The summed E-state index contributed by atoms with van der Waals surface area (Å²) in [5.74, 6) is 2.09. The Labute approximate surface area is 89.7 Å². The number of nitrogens with zero attached hydrogens (tertiary/aromatic N) is 1. The van der Waals surface area contributed by atoms with Gasteiger partial charge >= 0.3 is 0 Å². The molecule has 1 aromatic heterocycles. The van der Waals surface area contributed by atoms with Crippen LogP contribution in [0.15, 0.2) is 18.5 Å². The summed E-state index contributed by atoms with van der Waals surface area (Å²) in [7, 11) is 0. The zero-order valence-corrected chi connectivity index (χ0v) is 8.94. The fraction of sp³-hybridized carbons (Fsp3) is 0.538. The van der Waals surface area contributed by atoms with E-state index in [2.05, 4.69) is 4.98 Å². The van der Waals surface area contributed by atoms with Gasteiger partial charge in [-0.25, -0.2) is 0 Å². The van der Waals surface area contributed by atoms with Gasteiger partial charge in [-0.3, -0.25) is 9.78 Å². The highest BCUT2D eigenvalue weighted by molar-refractivity contribution is 6.01. The van der Waals surface area contributed by atoms with Crippen molar-refractivity contribution in [2.24, 2.45) is 17.8 Å². The maximum atomic E-state index is 12.2. The van der Waals surface area contributed by atoms with Crippen LogP contribution in [0, 0.1) is 24.7 Å². The maximum Gasteiger partial charge on any atom is 0.168 e. The molecule has 2 fully saturated rings. The molecular weight excluding hydrogens is 186 g/mol. The molecule has 0 bridgehead atoms. The second kappa shape index (κ2) is 3.16. The first-order chi connectivity index (χ1) is 7.29. The molecule has 0 radical (unpaired) electrons. The molecule has 15 heavy (non-hydrogen) atoms. The van der Waals surface area contributed by atoms with Gasteiger partial charge in [0.2, 0.25) is 0 Å². The van der Waals surface area contributed by atoms with E-state index in [1.54, 1.807) is 12.4 Å². The molecule has 2 nitrogen and oxygen atoms in total. The molecule has 78 valence electrons. The summed E-state index contributed by atoms with van der Waals surface area (Å²) in [4.78, 5) is 16.3. The Morgan fingerprint density at radius 3 is 2.80 bits per heavy atom. The SMILES string of the molecule is Cc1ccncc1C(=O)C1C2CCCC21. The molecule has 0 spiro atoms. The third-order valence-electron chi connectivity index (χ3n) is 4.01. The average Bonchev–Trinajstić information content (AvgIpc) is 2.72. The summed E-state index contributed by atoms with van der Waals surface area (Å²) in [5, 5.41) is 0. The number of carbonyl (C=O) groups excluding carboxylic acids is 1. The first kappa shape index (κ1) is 9.08. The third kappa shape index (κ3) is 1.31. The smallest absolute Gasteiger partial charge is 0.168 e. The molecule has 2 saturated carbocycles. The standard InChI is InChI=1S/C13H15NO/c1-8-5-6-14-7-11(8)13(15)12-9-3-2-4-10(9)12/h5-7,9-10,12H,2-4H2,1H3. The van der Waals surface area contributed by atoms with Crippen molar-refractivity contribution in [3.05, 3.63) is 29.6 Å². The van der Waals surface area contributed by atoms with E-state index < -0.39 is 0 Å². The molecule has 1 aromatic rings. The van der Waals surface area contributed by atoms with Gasteiger partial charge in [0.25, 0.3) is 0 Å². The predicted molar refractivity (Wildman–Crippen MR) is 57.6 cm³/mol. The third-order valence-corrected chi connectivity index (χ3v) is 4.01. The number of hydrogen-bond acceptors (Lipinski definition) is 2. The number of pyridine rings is 1. The van der Waals surface area contributed by atoms with Gasteiger partial charge in [0.05, 0.1) is 0 Å². The normalized spacial score (nSPS) is 32.5. The fourth-order valence-electron chi connectivity index (χ4n) is 3.11. The summed E-state index contributed by atoms with van der Waals surface area (Å²) >= 11 is 0. The van der Waals surface area contributed by atoms with Crippen LogP contribution in [0.4, 0.5) is 0 Å². The number of aromatic nitrogens is 1. The van der Waals surface area contributed by atoms with E-state index in [1.807, 2.05) is 13.0 Å². The molecule has 3 rings (SSSR count). The van der Waals surface area contributed by atoms with E-state index in [0.717, 1.165) is 11.1 Å². The van der Waals surface area contributed by atoms with Crippen molar-refractivity contribution in [1.82, 2.24) is 4.98 Å². The first-order valence-electron chi connectivity index (χ1n) is 5.74. The molecule has 2 unspecified atom stereocenters. The van der Waals surface area contributed by atoms with Crippen molar-refractivity contribution in [1.29, 1.82) is 0 Å². The number of rotatable bonds is 2. The average molecular weight is 201 g/mol. The summed E-state index contributed by atoms with van der Waals surface area (Å²) in [5.41, 5.74) is 1.91. The second-order valence-electron chi connectivity index (χ2n) is 4.84. The molecular formula is C13H15NO. The van der Waals surface area contributed by atoms with E-state index in [1.165, 1.54) is 19.3 Å². The number of carbonyl (C=O) groups is 1. The lowest BCUT2D eigenvalue weighted by molar-refractivity contribution is 0.0950. The summed E-state index contributed by atoms with van der Waals surface area (Å²) in [6, 6.07) is 1.92. The van der Waals surface area contributed by atoms with Crippen LogP contribution in [0.25, 0.3) is 0 Å². The van der Waals surface area contributed by atoms with Crippen LogP contribution in [0.1, 0.15) is 35.2 Å². The van der Waals surface area contributed by atoms with E-state index >= 15 is 0 Å². The number of fused-ring (bicyclic) bond motifs is 1. The van der Waals surface area contributed by atoms with Gasteiger partial charge in [-0.05, 0) is 43.2 Å². The molecule has 0 saturated heterocycles. The Balaban J connectivity index is 1.84. The lowest BCUT2D eigenvalue weighted by Gasteiger charge is -2.05. The van der Waals surface area contributed by atoms with Gasteiger partial charge < -0.3 is 0 Å². The minimum absolute atomic E-state index is 0.335. The minimum atomic E-state index is 0.335. The van der Waals surface area contributed by atoms with Crippen LogP contribution in [0.3, 0.4) is 0 Å². The molecule has 0 aliphatic heterocycles. The molecule has 0 N–H and O–H groups in total. The van der Waals surface area contributed by atoms with Gasteiger partial charge in [-0.15, -0.1) is 0 Å². The van der Waals surface area contributed by atoms with Crippen LogP contribution in [-0.4, -0.2) is 10.8 Å². The van der Waals surface area contributed by atoms with Crippen molar-refractivity contribution in [3.8, 4) is 0 Å². The number of hydrogen-bond donors (Lipinski definition) is 0. The second-order valence-corrected chi connectivity index (χ2v) is 4.84. The van der Waals surface area contributed by atoms with E-state index in [-0.39, 0.29) is 0 Å². The van der Waals surface area contributed by atoms with Gasteiger partial charge in [0.15, 0.2) is 5.78 Å². The molecule has 2 atom stereocenters. The first-order valence-corrected chi connectivity index (χ1v) is 5.74. The topological polar surface area (TPSA) is 30.0 Å². The van der Waals surface area contributed by atoms with Gasteiger partial charge in [-0.1, -0.05) is 6.42 Å². The Morgan fingerprint density at radius 2 is 2.13 bits per heavy atom. The molecule has 2 heteroatoms. The maximum absolute atomic E-state index is 12.2. The van der Waals surface area contributed by atoms with Gasteiger partial charge in [-0.2, -0.15) is 0 Å². The number of ketones is 1. The lowest BCUT2D eigenvalue weighted by atomic mass is 10.00. The largest absolute Gasteiger partial charge is 0.294 e. The predicted octanol–water partition coefficient (Wildman–Crippen LogP) is 2.62.